The number of allylic oxidation sites excluding steroid dienone is 1. The molecular weight excluding hydrogens is 567 g/mol. The number of anilines is 1. The van der Waals surface area contributed by atoms with Gasteiger partial charge in [0.2, 0.25) is 0 Å². The van der Waals surface area contributed by atoms with E-state index in [4.69, 9.17) is 20.7 Å². The van der Waals surface area contributed by atoms with E-state index in [0.717, 1.165) is 66.8 Å². The summed E-state index contributed by atoms with van der Waals surface area (Å²) >= 11 is 0. The predicted octanol–water partition coefficient (Wildman–Crippen LogP) is 7.99. The molecule has 4 aromatic carbocycles. The van der Waals surface area contributed by atoms with Crippen LogP contribution in [0.25, 0.3) is 72.8 Å². The first-order chi connectivity index (χ1) is 21.9. The molecule has 6 heteroatoms. The summed E-state index contributed by atoms with van der Waals surface area (Å²) in [6.45, 7) is 6.87. The molecule has 0 radical (unpaired) electrons. The summed E-state index contributed by atoms with van der Waals surface area (Å²) in [5, 5.41) is 5.03. The summed E-state index contributed by atoms with van der Waals surface area (Å²) in [6, 6.07) is 32.1. The molecule has 0 saturated heterocycles. The van der Waals surface area contributed by atoms with Gasteiger partial charge in [-0.15, -0.1) is 0 Å². The largest absolute Gasteiger partial charge is 0.398 e. The zero-order valence-corrected chi connectivity index (χ0v) is 26.4. The van der Waals surface area contributed by atoms with Crippen LogP contribution in [0.4, 0.5) is 5.69 Å². The molecule has 7 aromatic rings. The van der Waals surface area contributed by atoms with Gasteiger partial charge in [0, 0.05) is 45.5 Å². The van der Waals surface area contributed by atoms with Gasteiger partial charge in [0.05, 0.1) is 34.3 Å². The lowest BCUT2D eigenvalue weighted by Crippen LogP contribution is -2.49. The van der Waals surface area contributed by atoms with Crippen molar-refractivity contribution in [2.24, 2.45) is 0 Å². The molecule has 5 nitrogen and oxygen atoms in total. The van der Waals surface area contributed by atoms with Crippen molar-refractivity contribution in [2.45, 2.75) is 20.0 Å². The second-order valence-electron chi connectivity index (χ2n) is 12.2. The van der Waals surface area contributed by atoms with Gasteiger partial charge in [0.1, 0.15) is 8.07 Å². The van der Waals surface area contributed by atoms with Crippen LogP contribution in [0.5, 0.6) is 0 Å². The van der Waals surface area contributed by atoms with Gasteiger partial charge in [-0.1, -0.05) is 85.9 Å². The fraction of sp³-hybridized carbons (Fsp3) is 0.0769. The van der Waals surface area contributed by atoms with Gasteiger partial charge >= 0.3 is 0 Å². The Hall–Kier alpha value is -5.46. The number of fused-ring (bicyclic) bond motifs is 6. The molecule has 0 amide bonds. The lowest BCUT2D eigenvalue weighted by Gasteiger charge is -2.19. The van der Waals surface area contributed by atoms with Crippen LogP contribution in [0.1, 0.15) is 12.5 Å². The SMILES string of the molecule is C/C=C\c1cc(-c2ncc(-c3cnc4c(ccc5cccnc54)c3)nc2-c2ccc3c(c2)-c2ccccc2[Si]3(C)C)ccc1N. The Labute approximate surface area is 263 Å². The van der Waals surface area contributed by atoms with E-state index in [1.807, 2.05) is 55.9 Å². The summed E-state index contributed by atoms with van der Waals surface area (Å²) in [5.74, 6) is 0. The van der Waals surface area contributed by atoms with Crippen molar-refractivity contribution in [1.29, 1.82) is 0 Å². The van der Waals surface area contributed by atoms with E-state index in [1.165, 1.54) is 21.5 Å². The highest BCUT2D eigenvalue weighted by Crippen LogP contribution is 2.37. The van der Waals surface area contributed by atoms with Crippen LogP contribution in [-0.4, -0.2) is 28.0 Å². The van der Waals surface area contributed by atoms with Gasteiger partial charge in [0.25, 0.3) is 0 Å². The second-order valence-corrected chi connectivity index (χ2v) is 16.5. The molecule has 0 spiro atoms. The number of rotatable bonds is 4. The average Bonchev–Trinajstić information content (AvgIpc) is 3.31. The Morgan fingerprint density at radius 3 is 2.31 bits per heavy atom. The third-order valence-corrected chi connectivity index (χ3v) is 12.6. The fourth-order valence-electron chi connectivity index (χ4n) is 6.73. The number of hydrogen-bond donors (Lipinski definition) is 1. The van der Waals surface area contributed by atoms with Gasteiger partial charge in [-0.2, -0.15) is 0 Å². The second kappa shape index (κ2) is 10.3. The zero-order chi connectivity index (χ0) is 30.7. The number of nitrogens with two attached hydrogens (primary N) is 1. The molecule has 0 fully saturated rings. The molecule has 3 aromatic heterocycles. The molecule has 0 bridgehead atoms. The fourth-order valence-corrected chi connectivity index (χ4v) is 9.81. The molecule has 2 N–H and O–H groups in total. The van der Waals surface area contributed by atoms with Crippen molar-refractivity contribution in [2.75, 3.05) is 5.73 Å². The Morgan fingerprint density at radius 2 is 1.42 bits per heavy atom. The van der Waals surface area contributed by atoms with E-state index in [9.17, 15) is 0 Å². The quantitative estimate of drug-likeness (QED) is 0.126. The van der Waals surface area contributed by atoms with E-state index in [0.29, 0.717) is 0 Å². The van der Waals surface area contributed by atoms with Gasteiger partial charge in [0.15, 0.2) is 0 Å². The summed E-state index contributed by atoms with van der Waals surface area (Å²) in [4.78, 5) is 19.8. The molecule has 45 heavy (non-hydrogen) atoms. The summed E-state index contributed by atoms with van der Waals surface area (Å²) in [6.07, 6.45) is 9.57. The maximum atomic E-state index is 6.32. The van der Waals surface area contributed by atoms with E-state index >= 15 is 0 Å². The first kappa shape index (κ1) is 27.1. The van der Waals surface area contributed by atoms with E-state index in [1.54, 1.807) is 0 Å². The lowest BCUT2D eigenvalue weighted by molar-refractivity contribution is 1.21. The highest BCUT2D eigenvalue weighted by atomic mass is 28.3. The van der Waals surface area contributed by atoms with Gasteiger partial charge < -0.3 is 5.73 Å². The smallest absolute Gasteiger partial charge is 0.113 e. The molecule has 0 unspecified atom stereocenters. The molecule has 216 valence electrons. The van der Waals surface area contributed by atoms with Crippen molar-refractivity contribution in [1.82, 2.24) is 19.9 Å². The lowest BCUT2D eigenvalue weighted by atomic mass is 9.97. The maximum Gasteiger partial charge on any atom is 0.113 e. The highest BCUT2D eigenvalue weighted by Gasteiger charge is 2.37. The molecule has 1 aliphatic rings. The first-order valence-corrected chi connectivity index (χ1v) is 18.2. The van der Waals surface area contributed by atoms with Gasteiger partial charge in [-0.25, -0.2) is 4.98 Å². The Bertz CT molecular complexity index is 2340. The maximum absolute atomic E-state index is 6.32. The van der Waals surface area contributed by atoms with E-state index in [-0.39, 0.29) is 0 Å². The molecule has 1 aliphatic heterocycles. The minimum absolute atomic E-state index is 0.730. The average molecular weight is 598 g/mol. The van der Waals surface area contributed by atoms with Crippen LogP contribution in [0.3, 0.4) is 0 Å². The Balaban J connectivity index is 1.33. The van der Waals surface area contributed by atoms with Crippen LogP contribution < -0.4 is 16.1 Å². The van der Waals surface area contributed by atoms with Crippen LogP contribution >= 0.6 is 0 Å². The summed E-state index contributed by atoms with van der Waals surface area (Å²) in [5.41, 5.74) is 17.7. The molecule has 0 aliphatic carbocycles. The van der Waals surface area contributed by atoms with Crippen molar-refractivity contribution < 1.29 is 0 Å². The minimum atomic E-state index is -1.79. The minimum Gasteiger partial charge on any atom is -0.398 e. The predicted molar refractivity (Wildman–Crippen MR) is 190 cm³/mol. The number of hydrogen-bond acceptors (Lipinski definition) is 5. The van der Waals surface area contributed by atoms with Crippen molar-refractivity contribution >= 4 is 52.0 Å². The van der Waals surface area contributed by atoms with Crippen molar-refractivity contribution in [3.63, 3.8) is 0 Å². The van der Waals surface area contributed by atoms with Crippen LogP contribution in [0.15, 0.2) is 116 Å². The molecule has 8 rings (SSSR count). The first-order valence-electron chi connectivity index (χ1n) is 15.2. The molecular formula is C39H31N5Si. The number of pyridine rings is 2. The Kier molecular flexibility index (Phi) is 6.22. The van der Waals surface area contributed by atoms with Crippen molar-refractivity contribution in [3.8, 4) is 44.9 Å². The highest BCUT2D eigenvalue weighted by molar-refractivity contribution is 7.03. The monoisotopic (exact) mass is 597 g/mol. The third-order valence-electron chi connectivity index (χ3n) is 9.05. The molecule has 4 heterocycles. The summed E-state index contributed by atoms with van der Waals surface area (Å²) < 4.78 is 0. The third kappa shape index (κ3) is 4.37. The van der Waals surface area contributed by atoms with Crippen LogP contribution in [0, 0.1) is 0 Å². The molecule has 0 atom stereocenters. The number of aromatic nitrogens is 4. The number of nitrogen functional groups attached to an aromatic ring is 1. The molecule has 0 saturated carbocycles. The topological polar surface area (TPSA) is 77.6 Å². The van der Waals surface area contributed by atoms with E-state index < -0.39 is 8.07 Å². The van der Waals surface area contributed by atoms with Crippen LogP contribution in [-0.2, 0) is 0 Å². The van der Waals surface area contributed by atoms with Crippen molar-refractivity contribution in [3.05, 3.63) is 121 Å². The van der Waals surface area contributed by atoms with E-state index in [2.05, 4.69) is 90.9 Å². The normalized spacial score (nSPS) is 13.4. The zero-order valence-electron chi connectivity index (χ0n) is 25.4. The van der Waals surface area contributed by atoms with Gasteiger partial charge in [-0.05, 0) is 64.3 Å². The van der Waals surface area contributed by atoms with Crippen LogP contribution in [0.2, 0.25) is 13.1 Å². The Morgan fingerprint density at radius 1 is 0.644 bits per heavy atom. The number of benzene rings is 4. The van der Waals surface area contributed by atoms with Gasteiger partial charge in [-0.3, -0.25) is 15.0 Å². The number of nitrogens with zero attached hydrogens (tertiary/aromatic N) is 4. The summed E-state index contributed by atoms with van der Waals surface area (Å²) in [7, 11) is -1.79. The standard InChI is InChI=1S/C39H31N5Si/c1-4-8-25-19-27(14-16-32(25)40)38-39(28-15-17-35-31(21-28)30-10-5-6-11-34(30)45(35,2)3)44-33(23-43-38)29-20-26-13-12-24-9-7-18-41-36(24)37(26)42-22-29/h4-23H,40H2,1-3H3/b8-4-.